The van der Waals surface area contributed by atoms with Gasteiger partial charge in [0.05, 0.1) is 36.6 Å². The predicted molar refractivity (Wildman–Crippen MR) is 154 cm³/mol. The third-order valence-corrected chi connectivity index (χ3v) is 9.06. The van der Waals surface area contributed by atoms with Gasteiger partial charge in [0.2, 0.25) is 0 Å². The van der Waals surface area contributed by atoms with Gasteiger partial charge in [0.25, 0.3) is 20.2 Å². The zero-order valence-electron chi connectivity index (χ0n) is 20.5. The van der Waals surface area contributed by atoms with Crippen molar-refractivity contribution in [2.24, 2.45) is 10.2 Å². The van der Waals surface area contributed by atoms with Crippen LogP contribution in [0.2, 0.25) is 0 Å². The number of benzene rings is 5. The van der Waals surface area contributed by atoms with Crippen LogP contribution in [-0.2, 0) is 20.2 Å². The van der Waals surface area contributed by atoms with E-state index in [4.69, 9.17) is 0 Å². The molecular weight excluding hydrogens is 591 g/mol. The highest BCUT2D eigenvalue weighted by Crippen LogP contribution is 2.46. The molecule has 0 bridgehead atoms. The molecule has 0 spiro atoms. The Hall–Kier alpha value is -4.47. The minimum absolute atomic E-state index is 0.0248. The molecule has 206 valence electrons. The van der Waals surface area contributed by atoms with E-state index in [1.54, 1.807) is 24.3 Å². The van der Waals surface area contributed by atoms with E-state index < -0.39 is 35.8 Å². The highest BCUT2D eigenvalue weighted by molar-refractivity contribution is 7.86. The summed E-state index contributed by atoms with van der Waals surface area (Å²) in [6, 6.07) is 19.8. The molecule has 0 aliphatic carbocycles. The van der Waals surface area contributed by atoms with E-state index in [1.165, 1.54) is 11.3 Å². The lowest BCUT2D eigenvalue weighted by Crippen LogP contribution is -2.00. The SMILES string of the molecule is O=S(=O)(O)c1cc(O)c2c(N=Nc3c(O)c(-c4nc5ccccc5s4)cc4ccccc34)cc(S(=O)(=O)O)cc2c1. The second-order valence-electron chi connectivity index (χ2n) is 8.96. The van der Waals surface area contributed by atoms with Crippen molar-refractivity contribution in [2.45, 2.75) is 9.79 Å². The first-order valence-electron chi connectivity index (χ1n) is 11.7. The van der Waals surface area contributed by atoms with Crippen LogP contribution >= 0.6 is 11.3 Å². The molecule has 6 aromatic rings. The van der Waals surface area contributed by atoms with Crippen LogP contribution in [0.5, 0.6) is 11.5 Å². The monoisotopic (exact) mass is 607 g/mol. The first-order valence-corrected chi connectivity index (χ1v) is 15.4. The Morgan fingerprint density at radius 2 is 1.39 bits per heavy atom. The van der Waals surface area contributed by atoms with E-state index in [0.29, 0.717) is 21.3 Å². The first-order chi connectivity index (χ1) is 19.4. The fourth-order valence-electron chi connectivity index (χ4n) is 4.47. The van der Waals surface area contributed by atoms with Crippen LogP contribution in [0.4, 0.5) is 11.4 Å². The lowest BCUT2D eigenvalue weighted by atomic mass is 10.0. The molecule has 0 aliphatic heterocycles. The van der Waals surface area contributed by atoms with Gasteiger partial charge >= 0.3 is 0 Å². The molecule has 1 aromatic heterocycles. The van der Waals surface area contributed by atoms with Crippen LogP contribution in [0.25, 0.3) is 42.3 Å². The molecule has 14 heteroatoms. The van der Waals surface area contributed by atoms with Crippen LogP contribution in [0.15, 0.2) is 98.9 Å². The molecular formula is C27H17N3O8S3. The highest BCUT2D eigenvalue weighted by Gasteiger charge is 2.21. The molecule has 0 radical (unpaired) electrons. The van der Waals surface area contributed by atoms with E-state index in [9.17, 15) is 36.2 Å². The third kappa shape index (κ3) is 4.87. The zero-order chi connectivity index (χ0) is 29.1. The summed E-state index contributed by atoms with van der Waals surface area (Å²) in [6.07, 6.45) is 0. The van der Waals surface area contributed by atoms with Crippen molar-refractivity contribution in [1.29, 1.82) is 0 Å². The third-order valence-electron chi connectivity index (χ3n) is 6.33. The van der Waals surface area contributed by atoms with Crippen molar-refractivity contribution in [2.75, 3.05) is 0 Å². The number of para-hydroxylation sites is 1. The largest absolute Gasteiger partial charge is 0.507 e. The van der Waals surface area contributed by atoms with Gasteiger partial charge in [-0.3, -0.25) is 9.11 Å². The van der Waals surface area contributed by atoms with Crippen molar-refractivity contribution >= 4 is 74.7 Å². The smallest absolute Gasteiger partial charge is 0.294 e. The summed E-state index contributed by atoms with van der Waals surface area (Å²) < 4.78 is 67.4. The highest BCUT2D eigenvalue weighted by atomic mass is 32.2. The number of hydrogen-bond donors (Lipinski definition) is 4. The number of nitrogens with zero attached hydrogens (tertiary/aromatic N) is 3. The molecule has 0 aliphatic rings. The number of fused-ring (bicyclic) bond motifs is 3. The minimum Gasteiger partial charge on any atom is -0.507 e. The molecule has 0 amide bonds. The normalized spacial score (nSPS) is 12.6. The van der Waals surface area contributed by atoms with Crippen LogP contribution in [0.1, 0.15) is 0 Å². The van der Waals surface area contributed by atoms with Gasteiger partial charge < -0.3 is 10.2 Å². The van der Waals surface area contributed by atoms with E-state index in [2.05, 4.69) is 15.2 Å². The van der Waals surface area contributed by atoms with E-state index in [0.717, 1.165) is 34.5 Å². The van der Waals surface area contributed by atoms with Crippen LogP contribution < -0.4 is 0 Å². The second kappa shape index (κ2) is 9.57. The second-order valence-corrected chi connectivity index (χ2v) is 12.8. The summed E-state index contributed by atoms with van der Waals surface area (Å²) in [4.78, 5) is 3.25. The van der Waals surface area contributed by atoms with Gasteiger partial charge in [-0.1, -0.05) is 36.4 Å². The molecule has 0 fully saturated rings. The van der Waals surface area contributed by atoms with Crippen molar-refractivity contribution in [3.8, 4) is 22.1 Å². The summed E-state index contributed by atoms with van der Waals surface area (Å²) in [5.74, 6) is -0.900. The van der Waals surface area contributed by atoms with Crippen LogP contribution in [0.3, 0.4) is 0 Å². The predicted octanol–water partition coefficient (Wildman–Crippen LogP) is 6.59. The molecule has 4 N–H and O–H groups in total. The Morgan fingerprint density at radius 3 is 2.10 bits per heavy atom. The fourth-order valence-corrected chi connectivity index (χ4v) is 6.52. The average molecular weight is 608 g/mol. The number of phenolic OH excluding ortho intramolecular Hbond substituents is 2. The van der Waals surface area contributed by atoms with Gasteiger partial charge in [-0.15, -0.1) is 21.6 Å². The molecule has 0 saturated heterocycles. The van der Waals surface area contributed by atoms with Crippen molar-refractivity contribution < 1.29 is 36.2 Å². The lowest BCUT2D eigenvalue weighted by molar-refractivity contribution is 0.471. The number of thiazole rings is 1. The molecule has 6 rings (SSSR count). The number of aromatic nitrogens is 1. The number of phenols is 2. The van der Waals surface area contributed by atoms with Crippen molar-refractivity contribution in [3.63, 3.8) is 0 Å². The number of hydrogen-bond acceptors (Lipinski definition) is 10. The molecule has 5 aromatic carbocycles. The maximum Gasteiger partial charge on any atom is 0.294 e. The van der Waals surface area contributed by atoms with Gasteiger partial charge in [0, 0.05) is 11.5 Å². The Morgan fingerprint density at radius 1 is 0.732 bits per heavy atom. The minimum atomic E-state index is -4.81. The van der Waals surface area contributed by atoms with E-state index >= 15 is 0 Å². The van der Waals surface area contributed by atoms with Crippen molar-refractivity contribution in [3.05, 3.63) is 78.9 Å². The summed E-state index contributed by atoms with van der Waals surface area (Å²) in [5, 5.41) is 31.8. The molecule has 11 nitrogen and oxygen atoms in total. The van der Waals surface area contributed by atoms with Crippen molar-refractivity contribution in [1.82, 2.24) is 4.98 Å². The first kappa shape index (κ1) is 26.7. The molecule has 0 unspecified atom stereocenters. The zero-order valence-corrected chi connectivity index (χ0v) is 22.9. The summed E-state index contributed by atoms with van der Waals surface area (Å²) in [7, 11) is -9.58. The van der Waals surface area contributed by atoms with Crippen LogP contribution in [0, 0.1) is 0 Å². The number of rotatable bonds is 5. The van der Waals surface area contributed by atoms with Gasteiger partial charge in [-0.05, 0) is 47.2 Å². The summed E-state index contributed by atoms with van der Waals surface area (Å²) in [5.41, 5.74) is 0.896. The Balaban J connectivity index is 1.60. The Bertz CT molecular complexity index is 2260. The Kier molecular flexibility index (Phi) is 6.24. The van der Waals surface area contributed by atoms with Gasteiger partial charge in [-0.25, -0.2) is 4.98 Å². The maximum atomic E-state index is 12.0. The number of azo groups is 1. The fraction of sp³-hybridized carbons (Fsp3) is 0. The lowest BCUT2D eigenvalue weighted by Gasteiger charge is -2.10. The molecule has 1 heterocycles. The Labute approximate surface area is 236 Å². The standard InChI is InChI=1S/C27H17N3O8S3/c31-22-13-17(41(36,37)38)10-15-9-16(40(33,34)35)12-21(24(15)22)29-30-25-18-6-2-1-5-14(18)11-19(26(25)32)27-28-20-7-3-4-8-23(20)39-27/h1-13,31-32H,(H,33,34,35)(H,36,37,38). The quantitative estimate of drug-likeness (QED) is 0.124. The maximum absolute atomic E-state index is 12.0. The molecule has 41 heavy (non-hydrogen) atoms. The molecule has 0 atom stereocenters. The summed E-state index contributed by atoms with van der Waals surface area (Å²) in [6.45, 7) is 0. The number of aromatic hydroxyl groups is 2. The van der Waals surface area contributed by atoms with Gasteiger partial charge in [0.1, 0.15) is 16.4 Å². The van der Waals surface area contributed by atoms with Gasteiger partial charge in [-0.2, -0.15) is 16.8 Å². The van der Waals surface area contributed by atoms with Crippen LogP contribution in [-0.4, -0.2) is 41.1 Å². The average Bonchev–Trinajstić information content (AvgIpc) is 3.35. The summed E-state index contributed by atoms with van der Waals surface area (Å²) >= 11 is 1.37. The van der Waals surface area contributed by atoms with Gasteiger partial charge in [0.15, 0.2) is 5.75 Å². The topological polar surface area (TPSA) is 187 Å². The molecule has 0 saturated carbocycles. The van der Waals surface area contributed by atoms with E-state index in [-0.39, 0.29) is 27.9 Å². The van der Waals surface area contributed by atoms with E-state index in [1.807, 2.05) is 30.3 Å².